The van der Waals surface area contributed by atoms with Gasteiger partial charge in [-0.25, -0.2) is 8.78 Å². The Bertz CT molecular complexity index is 572. The minimum atomic E-state index is -2.43. The third-order valence-corrected chi connectivity index (χ3v) is 3.01. The van der Waals surface area contributed by atoms with Crippen LogP contribution in [-0.4, -0.2) is 6.61 Å². The molecule has 2 aromatic carbocycles. The Balaban J connectivity index is 1.97. The molecular weight excluding hydrogens is 272 g/mol. The van der Waals surface area contributed by atoms with Crippen LogP contribution in [-0.2, 0) is 6.54 Å². The molecule has 0 fully saturated rings. The highest BCUT2D eigenvalue weighted by Crippen LogP contribution is 2.21. The molecule has 0 atom stereocenters. The van der Waals surface area contributed by atoms with Crippen LogP contribution in [0.5, 0.6) is 5.75 Å². The fourth-order valence-electron chi connectivity index (χ4n) is 1.96. The molecule has 2 nitrogen and oxygen atoms in total. The highest BCUT2D eigenvalue weighted by atomic mass is 19.3. The van der Waals surface area contributed by atoms with Crippen molar-refractivity contribution in [2.24, 2.45) is 0 Å². The molecule has 0 aliphatic heterocycles. The van der Waals surface area contributed by atoms with Crippen molar-refractivity contribution in [3.8, 4) is 5.75 Å². The summed E-state index contributed by atoms with van der Waals surface area (Å²) >= 11 is 0. The summed E-state index contributed by atoms with van der Waals surface area (Å²) in [5, 5.41) is 3.22. The van der Waals surface area contributed by atoms with Crippen LogP contribution in [0.4, 0.5) is 14.5 Å². The second-order valence-electron chi connectivity index (χ2n) is 4.78. The van der Waals surface area contributed by atoms with Crippen molar-refractivity contribution in [2.45, 2.75) is 26.3 Å². The Kier molecular flexibility index (Phi) is 5.55. The second-order valence-corrected chi connectivity index (χ2v) is 4.78. The maximum atomic E-state index is 12.6. The Morgan fingerprint density at radius 3 is 2.67 bits per heavy atom. The third-order valence-electron chi connectivity index (χ3n) is 3.01. The second kappa shape index (κ2) is 7.62. The van der Waals surface area contributed by atoms with Gasteiger partial charge in [-0.2, -0.15) is 0 Å². The van der Waals surface area contributed by atoms with Crippen LogP contribution in [0.3, 0.4) is 0 Å². The molecule has 0 heterocycles. The average Bonchev–Trinajstić information content (AvgIpc) is 2.51. The number of ether oxygens (including phenoxy) is 1. The Hall–Kier alpha value is -2.10. The van der Waals surface area contributed by atoms with Crippen molar-refractivity contribution < 1.29 is 13.5 Å². The van der Waals surface area contributed by atoms with E-state index in [1.54, 1.807) is 6.07 Å². The minimum Gasteiger partial charge on any atom is -0.494 e. The van der Waals surface area contributed by atoms with Crippen molar-refractivity contribution >= 4 is 5.69 Å². The van der Waals surface area contributed by atoms with Crippen LogP contribution < -0.4 is 10.1 Å². The van der Waals surface area contributed by atoms with E-state index in [0.717, 1.165) is 23.4 Å². The first-order chi connectivity index (χ1) is 10.2. The number of rotatable bonds is 7. The summed E-state index contributed by atoms with van der Waals surface area (Å²) in [5.41, 5.74) is 1.79. The maximum Gasteiger partial charge on any atom is 0.263 e. The molecule has 0 aliphatic rings. The van der Waals surface area contributed by atoms with E-state index < -0.39 is 6.43 Å². The molecule has 2 aromatic rings. The van der Waals surface area contributed by atoms with E-state index in [0.29, 0.717) is 13.2 Å². The van der Waals surface area contributed by atoms with E-state index in [-0.39, 0.29) is 5.56 Å². The fraction of sp³-hybridized carbons (Fsp3) is 0.294. The topological polar surface area (TPSA) is 21.3 Å². The summed E-state index contributed by atoms with van der Waals surface area (Å²) in [6, 6.07) is 14.1. The van der Waals surface area contributed by atoms with Gasteiger partial charge < -0.3 is 10.1 Å². The molecule has 1 N–H and O–H groups in total. The Morgan fingerprint density at radius 2 is 1.90 bits per heavy atom. The molecule has 0 saturated heterocycles. The molecule has 112 valence electrons. The zero-order chi connectivity index (χ0) is 15.1. The van der Waals surface area contributed by atoms with Gasteiger partial charge >= 0.3 is 0 Å². The fourth-order valence-corrected chi connectivity index (χ4v) is 1.96. The zero-order valence-corrected chi connectivity index (χ0v) is 12.0. The number of nitrogens with one attached hydrogen (secondary N) is 1. The molecule has 0 spiro atoms. The largest absolute Gasteiger partial charge is 0.494 e. The van der Waals surface area contributed by atoms with Gasteiger partial charge in [-0.3, -0.25) is 0 Å². The maximum absolute atomic E-state index is 12.6. The smallest absolute Gasteiger partial charge is 0.263 e. The van der Waals surface area contributed by atoms with Crippen molar-refractivity contribution in [2.75, 3.05) is 11.9 Å². The first kappa shape index (κ1) is 15.3. The first-order valence-electron chi connectivity index (χ1n) is 7.02. The molecule has 4 heteroatoms. The van der Waals surface area contributed by atoms with Crippen molar-refractivity contribution in [3.05, 3.63) is 59.7 Å². The summed E-state index contributed by atoms with van der Waals surface area (Å²) in [6.07, 6.45) is -1.48. The summed E-state index contributed by atoms with van der Waals surface area (Å²) < 4.78 is 30.8. The van der Waals surface area contributed by atoms with Crippen LogP contribution in [0, 0.1) is 0 Å². The Labute approximate surface area is 123 Å². The SMILES string of the molecule is CCCOc1cccc(NCc2cccc(C(F)F)c2)c1. The summed E-state index contributed by atoms with van der Waals surface area (Å²) in [5.74, 6) is 0.809. The van der Waals surface area contributed by atoms with Crippen molar-refractivity contribution in [1.29, 1.82) is 0 Å². The lowest BCUT2D eigenvalue weighted by Crippen LogP contribution is -2.01. The predicted molar refractivity (Wildman–Crippen MR) is 81.0 cm³/mol. The van der Waals surface area contributed by atoms with Gasteiger partial charge in [0.25, 0.3) is 6.43 Å². The number of anilines is 1. The number of alkyl halides is 2. The van der Waals surface area contributed by atoms with Crippen molar-refractivity contribution in [3.63, 3.8) is 0 Å². The van der Waals surface area contributed by atoms with Gasteiger partial charge in [0.15, 0.2) is 0 Å². The normalized spacial score (nSPS) is 10.7. The molecule has 0 aromatic heterocycles. The van der Waals surface area contributed by atoms with E-state index in [2.05, 4.69) is 12.2 Å². The van der Waals surface area contributed by atoms with Crippen LogP contribution in [0.2, 0.25) is 0 Å². The standard InChI is InChI=1S/C17H19F2NO/c1-2-9-21-16-8-4-7-15(11-16)20-12-13-5-3-6-14(10-13)17(18)19/h3-8,10-11,17,20H,2,9,12H2,1H3. The summed E-state index contributed by atoms with van der Waals surface area (Å²) in [4.78, 5) is 0. The van der Waals surface area contributed by atoms with Crippen molar-refractivity contribution in [1.82, 2.24) is 0 Å². The number of benzene rings is 2. The lowest BCUT2D eigenvalue weighted by molar-refractivity contribution is 0.151. The van der Waals surface area contributed by atoms with E-state index in [1.807, 2.05) is 30.3 Å². The molecule has 21 heavy (non-hydrogen) atoms. The van der Waals surface area contributed by atoms with Gasteiger partial charge in [0.1, 0.15) is 5.75 Å². The number of hydrogen-bond donors (Lipinski definition) is 1. The first-order valence-corrected chi connectivity index (χ1v) is 7.02. The molecule has 0 radical (unpaired) electrons. The number of halogens is 2. The zero-order valence-electron chi connectivity index (χ0n) is 12.0. The van der Waals surface area contributed by atoms with E-state index in [1.165, 1.54) is 12.1 Å². The molecule has 0 bridgehead atoms. The quantitative estimate of drug-likeness (QED) is 0.773. The highest BCUT2D eigenvalue weighted by Gasteiger charge is 2.06. The van der Waals surface area contributed by atoms with Gasteiger partial charge in [0.05, 0.1) is 6.61 Å². The Morgan fingerprint density at radius 1 is 1.10 bits per heavy atom. The predicted octanol–water partition coefficient (Wildman–Crippen LogP) is 5.03. The van der Waals surface area contributed by atoms with E-state index >= 15 is 0 Å². The highest BCUT2D eigenvalue weighted by molar-refractivity contribution is 5.48. The summed E-state index contributed by atoms with van der Waals surface area (Å²) in [7, 11) is 0. The van der Waals surface area contributed by atoms with Crippen LogP contribution in [0.1, 0.15) is 30.9 Å². The van der Waals surface area contributed by atoms with E-state index in [4.69, 9.17) is 4.74 Å². The third kappa shape index (κ3) is 4.74. The van der Waals surface area contributed by atoms with Gasteiger partial charge in [0.2, 0.25) is 0 Å². The summed E-state index contributed by atoms with van der Waals surface area (Å²) in [6.45, 7) is 3.23. The van der Waals surface area contributed by atoms with Gasteiger partial charge in [0, 0.05) is 23.9 Å². The monoisotopic (exact) mass is 291 g/mol. The molecule has 2 rings (SSSR count). The van der Waals surface area contributed by atoms with Crippen LogP contribution in [0.25, 0.3) is 0 Å². The number of hydrogen-bond acceptors (Lipinski definition) is 2. The van der Waals surface area contributed by atoms with Crippen LogP contribution in [0.15, 0.2) is 48.5 Å². The minimum absolute atomic E-state index is 0.0503. The molecule has 0 aliphatic carbocycles. The molecule has 0 saturated carbocycles. The van der Waals surface area contributed by atoms with E-state index in [9.17, 15) is 8.78 Å². The van der Waals surface area contributed by atoms with Gasteiger partial charge in [-0.05, 0) is 30.2 Å². The molecular formula is C17H19F2NO. The average molecular weight is 291 g/mol. The van der Waals surface area contributed by atoms with Gasteiger partial charge in [-0.15, -0.1) is 0 Å². The lowest BCUT2D eigenvalue weighted by Gasteiger charge is -2.10. The lowest BCUT2D eigenvalue weighted by atomic mass is 10.1. The molecule has 0 unspecified atom stereocenters. The molecule has 0 amide bonds. The van der Waals surface area contributed by atoms with Gasteiger partial charge in [-0.1, -0.05) is 31.2 Å². The van der Waals surface area contributed by atoms with Crippen LogP contribution >= 0.6 is 0 Å².